The van der Waals surface area contributed by atoms with Crippen molar-refractivity contribution in [3.8, 4) is 0 Å². The third-order valence-corrected chi connectivity index (χ3v) is 4.07. The van der Waals surface area contributed by atoms with Crippen LogP contribution in [0.4, 0.5) is 0 Å². The van der Waals surface area contributed by atoms with Gasteiger partial charge >= 0.3 is 5.97 Å². The maximum atomic E-state index is 10.9. The van der Waals surface area contributed by atoms with Crippen LogP contribution in [0.1, 0.15) is 39.2 Å². The highest BCUT2D eigenvalue weighted by Crippen LogP contribution is 2.35. The summed E-state index contributed by atoms with van der Waals surface area (Å²) in [5.41, 5.74) is 2.68. The number of esters is 1. The van der Waals surface area contributed by atoms with Crippen LogP contribution in [0.5, 0.6) is 0 Å². The molecule has 2 unspecified atom stereocenters. The lowest BCUT2D eigenvalue weighted by atomic mass is 9.75. The van der Waals surface area contributed by atoms with Gasteiger partial charge in [0, 0.05) is 12.8 Å². The summed E-state index contributed by atoms with van der Waals surface area (Å²) in [5, 5.41) is 0. The van der Waals surface area contributed by atoms with E-state index in [1.165, 1.54) is 24.5 Å². The Morgan fingerprint density at radius 1 is 1.45 bits per heavy atom. The SMILES string of the molecule is CC(=O)OCC1C=C(Cc2ccoc2)C(C(C)C)CC1. The molecule has 1 aromatic heterocycles. The zero-order chi connectivity index (χ0) is 14.5. The molecule has 0 radical (unpaired) electrons. The molecule has 0 saturated heterocycles. The van der Waals surface area contributed by atoms with Gasteiger partial charge in [-0.2, -0.15) is 0 Å². The molecule has 3 nitrogen and oxygen atoms in total. The van der Waals surface area contributed by atoms with Gasteiger partial charge in [0.25, 0.3) is 0 Å². The van der Waals surface area contributed by atoms with Crippen molar-refractivity contribution in [2.45, 2.75) is 40.0 Å². The molecule has 0 N–H and O–H groups in total. The second-order valence-electron chi connectivity index (χ2n) is 6.04. The normalized spacial score (nSPS) is 22.7. The van der Waals surface area contributed by atoms with Gasteiger partial charge in [-0.05, 0) is 42.7 Å². The number of ether oxygens (including phenoxy) is 1. The largest absolute Gasteiger partial charge is 0.472 e. The van der Waals surface area contributed by atoms with Crippen LogP contribution < -0.4 is 0 Å². The van der Waals surface area contributed by atoms with E-state index in [-0.39, 0.29) is 5.97 Å². The predicted molar refractivity (Wildman–Crippen MR) is 78.2 cm³/mol. The van der Waals surface area contributed by atoms with E-state index in [0.29, 0.717) is 24.4 Å². The van der Waals surface area contributed by atoms with Gasteiger partial charge in [0.05, 0.1) is 19.1 Å². The van der Waals surface area contributed by atoms with E-state index in [1.807, 2.05) is 12.3 Å². The Kier molecular flexibility index (Phi) is 5.05. The third kappa shape index (κ3) is 3.99. The van der Waals surface area contributed by atoms with E-state index in [0.717, 1.165) is 12.8 Å². The molecule has 110 valence electrons. The lowest BCUT2D eigenvalue weighted by Gasteiger charge is -2.31. The fraction of sp³-hybridized carbons (Fsp3) is 0.588. The minimum Gasteiger partial charge on any atom is -0.472 e. The highest BCUT2D eigenvalue weighted by molar-refractivity contribution is 5.65. The lowest BCUT2D eigenvalue weighted by Crippen LogP contribution is -2.23. The predicted octanol–water partition coefficient (Wildman–Crippen LogP) is 3.99. The molecule has 0 spiro atoms. The van der Waals surface area contributed by atoms with E-state index in [4.69, 9.17) is 9.15 Å². The summed E-state index contributed by atoms with van der Waals surface area (Å²) >= 11 is 0. The van der Waals surface area contributed by atoms with Crippen molar-refractivity contribution in [1.29, 1.82) is 0 Å². The maximum absolute atomic E-state index is 10.9. The van der Waals surface area contributed by atoms with Crippen molar-refractivity contribution in [3.63, 3.8) is 0 Å². The standard InChI is InChI=1S/C17H24O3/c1-12(2)17-5-4-14(11-20-13(3)18)8-16(17)9-15-6-7-19-10-15/h6-8,10,12,14,17H,4-5,9,11H2,1-3H3. The molecule has 2 atom stereocenters. The summed E-state index contributed by atoms with van der Waals surface area (Å²) < 4.78 is 10.3. The molecule has 0 saturated carbocycles. The first-order chi connectivity index (χ1) is 9.56. The second-order valence-corrected chi connectivity index (χ2v) is 6.04. The van der Waals surface area contributed by atoms with Gasteiger partial charge < -0.3 is 9.15 Å². The first-order valence-electron chi connectivity index (χ1n) is 7.41. The zero-order valence-corrected chi connectivity index (χ0v) is 12.6. The summed E-state index contributed by atoms with van der Waals surface area (Å²) in [6, 6.07) is 2.02. The molecule has 20 heavy (non-hydrogen) atoms. The van der Waals surface area contributed by atoms with Gasteiger partial charge in [0.2, 0.25) is 0 Å². The highest BCUT2D eigenvalue weighted by Gasteiger charge is 2.26. The van der Waals surface area contributed by atoms with Crippen molar-refractivity contribution in [3.05, 3.63) is 35.8 Å². The molecule has 0 bridgehead atoms. The van der Waals surface area contributed by atoms with E-state index >= 15 is 0 Å². The summed E-state index contributed by atoms with van der Waals surface area (Å²) in [5.74, 6) is 1.43. The van der Waals surface area contributed by atoms with Gasteiger partial charge in [-0.1, -0.05) is 25.5 Å². The quantitative estimate of drug-likeness (QED) is 0.603. The highest BCUT2D eigenvalue weighted by atomic mass is 16.5. The van der Waals surface area contributed by atoms with Gasteiger partial charge in [-0.15, -0.1) is 0 Å². The Hall–Kier alpha value is -1.51. The minimum absolute atomic E-state index is 0.194. The molecular formula is C17H24O3. The fourth-order valence-electron chi connectivity index (χ4n) is 3.02. The Morgan fingerprint density at radius 2 is 2.25 bits per heavy atom. The number of hydrogen-bond donors (Lipinski definition) is 0. The maximum Gasteiger partial charge on any atom is 0.302 e. The Bertz CT molecular complexity index is 457. The van der Waals surface area contributed by atoms with Crippen LogP contribution in [0.3, 0.4) is 0 Å². The van der Waals surface area contributed by atoms with E-state index in [1.54, 1.807) is 6.26 Å². The smallest absolute Gasteiger partial charge is 0.302 e. The van der Waals surface area contributed by atoms with Gasteiger partial charge in [-0.25, -0.2) is 0 Å². The minimum atomic E-state index is -0.194. The molecule has 1 aliphatic carbocycles. The topological polar surface area (TPSA) is 39.4 Å². The van der Waals surface area contributed by atoms with Crippen molar-refractivity contribution in [2.75, 3.05) is 6.61 Å². The molecule has 1 aliphatic rings. The summed E-state index contributed by atoms with van der Waals surface area (Å²) in [6.07, 6.45) is 9.08. The number of rotatable bonds is 5. The van der Waals surface area contributed by atoms with Crippen LogP contribution in [0.25, 0.3) is 0 Å². The first-order valence-corrected chi connectivity index (χ1v) is 7.41. The molecule has 0 amide bonds. The summed E-state index contributed by atoms with van der Waals surface area (Å²) in [7, 11) is 0. The molecule has 2 rings (SSSR count). The zero-order valence-electron chi connectivity index (χ0n) is 12.6. The van der Waals surface area contributed by atoms with Crippen molar-refractivity contribution in [2.24, 2.45) is 17.8 Å². The van der Waals surface area contributed by atoms with Crippen molar-refractivity contribution < 1.29 is 13.9 Å². The first kappa shape index (κ1) is 14.9. The van der Waals surface area contributed by atoms with E-state index in [2.05, 4.69) is 19.9 Å². The number of furan rings is 1. The Balaban J connectivity index is 2.08. The van der Waals surface area contributed by atoms with Crippen LogP contribution >= 0.6 is 0 Å². The average Bonchev–Trinajstić information content (AvgIpc) is 2.89. The number of allylic oxidation sites excluding steroid dienone is 1. The Morgan fingerprint density at radius 3 is 2.85 bits per heavy atom. The third-order valence-electron chi connectivity index (χ3n) is 4.07. The van der Waals surface area contributed by atoms with E-state index < -0.39 is 0 Å². The van der Waals surface area contributed by atoms with Gasteiger partial charge in [0.15, 0.2) is 0 Å². The summed E-state index contributed by atoms with van der Waals surface area (Å²) in [4.78, 5) is 10.9. The molecule has 0 aromatic carbocycles. The molecule has 3 heteroatoms. The van der Waals surface area contributed by atoms with Crippen LogP contribution in [-0.4, -0.2) is 12.6 Å². The molecule has 0 aliphatic heterocycles. The van der Waals surface area contributed by atoms with Crippen LogP contribution in [-0.2, 0) is 16.0 Å². The van der Waals surface area contributed by atoms with Crippen LogP contribution in [0.2, 0.25) is 0 Å². The number of carbonyl (C=O) groups excluding carboxylic acids is 1. The number of carbonyl (C=O) groups is 1. The lowest BCUT2D eigenvalue weighted by molar-refractivity contribution is -0.142. The average molecular weight is 276 g/mol. The van der Waals surface area contributed by atoms with E-state index in [9.17, 15) is 4.79 Å². The Labute approximate surface area is 121 Å². The number of hydrogen-bond acceptors (Lipinski definition) is 3. The van der Waals surface area contributed by atoms with Crippen molar-refractivity contribution in [1.82, 2.24) is 0 Å². The van der Waals surface area contributed by atoms with Gasteiger partial charge in [-0.3, -0.25) is 4.79 Å². The monoisotopic (exact) mass is 276 g/mol. The molecule has 1 aromatic rings. The van der Waals surface area contributed by atoms with Gasteiger partial charge in [0.1, 0.15) is 0 Å². The van der Waals surface area contributed by atoms with Crippen LogP contribution in [0, 0.1) is 17.8 Å². The molecule has 1 heterocycles. The molecular weight excluding hydrogens is 252 g/mol. The summed E-state index contributed by atoms with van der Waals surface area (Å²) in [6.45, 7) is 6.53. The second kappa shape index (κ2) is 6.78. The fourth-order valence-corrected chi connectivity index (χ4v) is 3.02. The van der Waals surface area contributed by atoms with Crippen molar-refractivity contribution >= 4 is 5.97 Å². The molecule has 0 fully saturated rings. The van der Waals surface area contributed by atoms with Crippen LogP contribution in [0.15, 0.2) is 34.7 Å².